The molecular formula is C13H24N2O. The minimum atomic E-state index is 0.589. The smallest absolute Gasteiger partial charge is 0.0469 e. The van der Waals surface area contributed by atoms with E-state index in [4.69, 9.17) is 4.74 Å². The van der Waals surface area contributed by atoms with E-state index >= 15 is 0 Å². The first-order valence-electron chi connectivity index (χ1n) is 6.80. The van der Waals surface area contributed by atoms with E-state index in [2.05, 4.69) is 16.8 Å². The molecule has 3 fully saturated rings. The Hall–Kier alpha value is -0.120. The van der Waals surface area contributed by atoms with Crippen LogP contribution in [0.1, 0.15) is 25.7 Å². The summed E-state index contributed by atoms with van der Waals surface area (Å²) in [7, 11) is 2.27. The van der Waals surface area contributed by atoms with Gasteiger partial charge in [0.25, 0.3) is 0 Å². The molecule has 3 rings (SSSR count). The molecule has 16 heavy (non-hydrogen) atoms. The van der Waals surface area contributed by atoms with E-state index < -0.39 is 0 Å². The molecular weight excluding hydrogens is 200 g/mol. The van der Waals surface area contributed by atoms with Crippen LogP contribution < -0.4 is 0 Å². The summed E-state index contributed by atoms with van der Waals surface area (Å²) in [5.41, 5.74) is 0.589. The first-order valence-corrected chi connectivity index (χ1v) is 6.80. The predicted octanol–water partition coefficient (Wildman–Crippen LogP) is 1.19. The summed E-state index contributed by atoms with van der Waals surface area (Å²) in [6, 6.07) is 0. The summed E-state index contributed by atoms with van der Waals surface area (Å²) in [5.74, 6) is 0.898. The van der Waals surface area contributed by atoms with Gasteiger partial charge in [0.05, 0.1) is 0 Å². The maximum absolute atomic E-state index is 5.45. The van der Waals surface area contributed by atoms with Crippen LogP contribution in [0.25, 0.3) is 0 Å². The van der Waals surface area contributed by atoms with E-state index in [1.54, 1.807) is 0 Å². The van der Waals surface area contributed by atoms with Gasteiger partial charge in [-0.2, -0.15) is 0 Å². The maximum Gasteiger partial charge on any atom is 0.0469 e. The zero-order valence-electron chi connectivity index (χ0n) is 10.5. The molecule has 3 aliphatic rings. The molecule has 92 valence electrons. The summed E-state index contributed by atoms with van der Waals surface area (Å²) in [6.07, 6.45) is 5.42. The summed E-state index contributed by atoms with van der Waals surface area (Å²) >= 11 is 0. The van der Waals surface area contributed by atoms with Crippen molar-refractivity contribution in [2.75, 3.05) is 46.4 Å². The van der Waals surface area contributed by atoms with Gasteiger partial charge in [0.1, 0.15) is 0 Å². The quantitative estimate of drug-likeness (QED) is 0.701. The van der Waals surface area contributed by atoms with Crippen LogP contribution in [0.5, 0.6) is 0 Å². The van der Waals surface area contributed by atoms with E-state index in [1.165, 1.54) is 51.9 Å². The number of rotatable bonds is 2. The van der Waals surface area contributed by atoms with Crippen LogP contribution in [0.4, 0.5) is 0 Å². The van der Waals surface area contributed by atoms with Crippen LogP contribution in [-0.4, -0.2) is 61.8 Å². The number of hydrogen-bond acceptors (Lipinski definition) is 3. The molecule has 2 aliphatic heterocycles. The van der Waals surface area contributed by atoms with Crippen molar-refractivity contribution >= 4 is 0 Å². The topological polar surface area (TPSA) is 15.7 Å². The molecule has 1 saturated carbocycles. The van der Waals surface area contributed by atoms with Gasteiger partial charge >= 0.3 is 0 Å². The van der Waals surface area contributed by atoms with Gasteiger partial charge in [0.15, 0.2) is 0 Å². The molecule has 0 aromatic heterocycles. The van der Waals surface area contributed by atoms with E-state index in [-0.39, 0.29) is 0 Å². The van der Waals surface area contributed by atoms with Crippen LogP contribution >= 0.6 is 0 Å². The Morgan fingerprint density at radius 3 is 2.62 bits per heavy atom. The van der Waals surface area contributed by atoms with Crippen LogP contribution in [0, 0.1) is 5.92 Å². The Balaban J connectivity index is 1.57. The van der Waals surface area contributed by atoms with Gasteiger partial charge in [-0.05, 0) is 38.6 Å². The van der Waals surface area contributed by atoms with Crippen molar-refractivity contribution in [3.63, 3.8) is 0 Å². The molecule has 0 amide bonds. The van der Waals surface area contributed by atoms with Crippen molar-refractivity contribution in [1.29, 1.82) is 0 Å². The third-order valence-electron chi connectivity index (χ3n) is 4.63. The highest BCUT2D eigenvalue weighted by atomic mass is 16.5. The van der Waals surface area contributed by atoms with E-state index in [9.17, 15) is 0 Å². The second-order valence-electron chi connectivity index (χ2n) is 5.96. The second-order valence-corrected chi connectivity index (χ2v) is 5.96. The minimum Gasteiger partial charge on any atom is -0.381 e. The van der Waals surface area contributed by atoms with Gasteiger partial charge < -0.3 is 9.64 Å². The Kier molecular flexibility index (Phi) is 2.94. The average molecular weight is 224 g/mol. The van der Waals surface area contributed by atoms with Gasteiger partial charge in [0.2, 0.25) is 0 Å². The fraction of sp³-hybridized carbons (Fsp3) is 1.00. The van der Waals surface area contributed by atoms with Crippen molar-refractivity contribution < 1.29 is 4.74 Å². The summed E-state index contributed by atoms with van der Waals surface area (Å²) in [5, 5.41) is 0. The van der Waals surface area contributed by atoms with Crippen molar-refractivity contribution in [3.05, 3.63) is 0 Å². The van der Waals surface area contributed by atoms with Crippen LogP contribution in [0.15, 0.2) is 0 Å². The Labute approximate surface area is 98.7 Å². The molecule has 0 N–H and O–H groups in total. The SMILES string of the molecule is CN1CCN(CC2CCOCC2)C2(CC2)C1. The zero-order chi connectivity index (χ0) is 11.0. The Morgan fingerprint density at radius 1 is 1.19 bits per heavy atom. The largest absolute Gasteiger partial charge is 0.381 e. The van der Waals surface area contributed by atoms with Crippen molar-refractivity contribution in [3.8, 4) is 0 Å². The highest BCUT2D eigenvalue weighted by molar-refractivity contribution is 5.08. The highest BCUT2D eigenvalue weighted by Crippen LogP contribution is 2.44. The van der Waals surface area contributed by atoms with E-state index in [1.807, 2.05) is 0 Å². The molecule has 0 atom stereocenters. The lowest BCUT2D eigenvalue weighted by atomic mass is 9.97. The van der Waals surface area contributed by atoms with Gasteiger partial charge in [-0.3, -0.25) is 4.90 Å². The molecule has 0 aromatic carbocycles. The zero-order valence-corrected chi connectivity index (χ0v) is 10.5. The fourth-order valence-corrected chi connectivity index (χ4v) is 3.35. The Morgan fingerprint density at radius 2 is 1.94 bits per heavy atom. The number of piperazine rings is 1. The highest BCUT2D eigenvalue weighted by Gasteiger charge is 2.50. The molecule has 2 heterocycles. The molecule has 0 bridgehead atoms. The summed E-state index contributed by atoms with van der Waals surface area (Å²) < 4.78 is 5.45. The number of ether oxygens (including phenoxy) is 1. The average Bonchev–Trinajstić information content (AvgIpc) is 3.05. The van der Waals surface area contributed by atoms with Gasteiger partial charge in [-0.1, -0.05) is 0 Å². The molecule has 2 saturated heterocycles. The van der Waals surface area contributed by atoms with Crippen molar-refractivity contribution in [2.24, 2.45) is 5.92 Å². The van der Waals surface area contributed by atoms with Gasteiger partial charge in [-0.25, -0.2) is 0 Å². The lowest BCUT2D eigenvalue weighted by Crippen LogP contribution is -2.55. The van der Waals surface area contributed by atoms with E-state index in [0.717, 1.165) is 19.1 Å². The molecule has 3 nitrogen and oxygen atoms in total. The van der Waals surface area contributed by atoms with Gasteiger partial charge in [-0.15, -0.1) is 0 Å². The first-order chi connectivity index (χ1) is 7.78. The maximum atomic E-state index is 5.45. The number of nitrogens with zero attached hydrogens (tertiary/aromatic N) is 2. The number of likely N-dealkylation sites (N-methyl/N-ethyl adjacent to an activating group) is 1. The van der Waals surface area contributed by atoms with Gasteiger partial charge in [0, 0.05) is 44.9 Å². The Bertz CT molecular complexity index is 246. The standard InChI is InChI=1S/C13H24N2O/c1-14-6-7-15(13(11-14)4-5-13)10-12-2-8-16-9-3-12/h12H,2-11H2,1H3. The number of hydrogen-bond donors (Lipinski definition) is 0. The molecule has 3 heteroatoms. The first kappa shape index (κ1) is 11.0. The lowest BCUT2D eigenvalue weighted by molar-refractivity contribution is 0.0194. The molecule has 0 radical (unpaired) electrons. The molecule has 1 aliphatic carbocycles. The second kappa shape index (κ2) is 4.28. The third kappa shape index (κ3) is 2.13. The normalized spacial score (nSPS) is 32.1. The monoisotopic (exact) mass is 224 g/mol. The summed E-state index contributed by atoms with van der Waals surface area (Å²) in [4.78, 5) is 5.30. The predicted molar refractivity (Wildman–Crippen MR) is 64.6 cm³/mol. The minimum absolute atomic E-state index is 0.589. The lowest BCUT2D eigenvalue weighted by Gasteiger charge is -2.42. The molecule has 0 aromatic rings. The van der Waals surface area contributed by atoms with E-state index in [0.29, 0.717) is 5.54 Å². The third-order valence-corrected chi connectivity index (χ3v) is 4.63. The van der Waals surface area contributed by atoms with Crippen LogP contribution in [0.3, 0.4) is 0 Å². The van der Waals surface area contributed by atoms with Crippen molar-refractivity contribution in [2.45, 2.75) is 31.2 Å². The molecule has 0 unspecified atom stereocenters. The van der Waals surface area contributed by atoms with Crippen LogP contribution in [-0.2, 0) is 4.74 Å². The molecule has 1 spiro atoms. The summed E-state index contributed by atoms with van der Waals surface area (Å²) in [6.45, 7) is 7.16. The van der Waals surface area contributed by atoms with Crippen molar-refractivity contribution in [1.82, 2.24) is 9.80 Å². The fourth-order valence-electron chi connectivity index (χ4n) is 3.35. The van der Waals surface area contributed by atoms with Crippen LogP contribution in [0.2, 0.25) is 0 Å².